The highest BCUT2D eigenvalue weighted by Gasteiger charge is 2.21. The molecule has 1 amide bonds. The SMILES string of the molecule is O=C(CCc1cccnc1)Nc1nc2c(s1)CN(Cc1ccccc1)CC2. The van der Waals surface area contributed by atoms with Crippen molar-refractivity contribution in [2.75, 3.05) is 11.9 Å². The minimum atomic E-state index is 0.00564. The van der Waals surface area contributed by atoms with Crippen LogP contribution in [-0.4, -0.2) is 27.3 Å². The summed E-state index contributed by atoms with van der Waals surface area (Å²) >= 11 is 1.60. The zero-order chi connectivity index (χ0) is 18.5. The highest BCUT2D eigenvalue weighted by molar-refractivity contribution is 7.15. The Morgan fingerprint density at radius 2 is 2.00 bits per heavy atom. The lowest BCUT2D eigenvalue weighted by molar-refractivity contribution is -0.116. The molecule has 4 rings (SSSR count). The van der Waals surface area contributed by atoms with Gasteiger partial charge in [0, 0.05) is 49.7 Å². The number of fused-ring (bicyclic) bond motifs is 1. The Kier molecular flexibility index (Phi) is 5.55. The molecule has 5 nitrogen and oxygen atoms in total. The van der Waals surface area contributed by atoms with Gasteiger partial charge >= 0.3 is 0 Å². The molecule has 0 bridgehead atoms. The van der Waals surface area contributed by atoms with Crippen molar-refractivity contribution in [3.8, 4) is 0 Å². The molecular weight excluding hydrogens is 356 g/mol. The minimum Gasteiger partial charge on any atom is -0.302 e. The van der Waals surface area contributed by atoms with Gasteiger partial charge < -0.3 is 5.32 Å². The third kappa shape index (κ3) is 4.78. The molecule has 1 aliphatic heterocycles. The number of benzene rings is 1. The number of nitrogens with zero attached hydrogens (tertiary/aromatic N) is 3. The van der Waals surface area contributed by atoms with E-state index in [9.17, 15) is 4.79 Å². The Balaban J connectivity index is 1.32. The van der Waals surface area contributed by atoms with E-state index in [4.69, 9.17) is 0 Å². The van der Waals surface area contributed by atoms with Crippen LogP contribution in [-0.2, 0) is 30.7 Å². The van der Waals surface area contributed by atoms with Crippen LogP contribution >= 0.6 is 11.3 Å². The number of hydrogen-bond donors (Lipinski definition) is 1. The summed E-state index contributed by atoms with van der Waals surface area (Å²) in [6, 6.07) is 14.4. The normalized spacial score (nSPS) is 13.9. The third-order valence-corrected chi connectivity index (χ3v) is 5.67. The van der Waals surface area contributed by atoms with Gasteiger partial charge in [0.1, 0.15) is 0 Å². The molecule has 1 aromatic carbocycles. The molecule has 138 valence electrons. The number of aryl methyl sites for hydroxylation is 1. The number of carbonyl (C=O) groups is 1. The first kappa shape index (κ1) is 17.8. The van der Waals surface area contributed by atoms with Gasteiger partial charge in [-0.15, -0.1) is 11.3 Å². The number of rotatable bonds is 6. The molecule has 1 aliphatic rings. The van der Waals surface area contributed by atoms with Crippen molar-refractivity contribution >= 4 is 22.4 Å². The number of thiazole rings is 1. The molecule has 0 atom stereocenters. The van der Waals surface area contributed by atoms with Crippen LogP contribution in [0.2, 0.25) is 0 Å². The van der Waals surface area contributed by atoms with E-state index in [2.05, 4.69) is 44.5 Å². The molecule has 0 spiro atoms. The van der Waals surface area contributed by atoms with E-state index in [1.54, 1.807) is 23.7 Å². The largest absolute Gasteiger partial charge is 0.302 e. The molecule has 0 radical (unpaired) electrons. The number of amides is 1. The van der Waals surface area contributed by atoms with Gasteiger partial charge in [0.05, 0.1) is 5.69 Å². The van der Waals surface area contributed by atoms with E-state index >= 15 is 0 Å². The zero-order valence-electron chi connectivity index (χ0n) is 15.1. The summed E-state index contributed by atoms with van der Waals surface area (Å²) in [5.41, 5.74) is 3.53. The Labute approximate surface area is 163 Å². The average molecular weight is 379 g/mol. The molecule has 2 aromatic heterocycles. The number of nitrogens with one attached hydrogen (secondary N) is 1. The van der Waals surface area contributed by atoms with Gasteiger partial charge in [0.2, 0.25) is 5.91 Å². The van der Waals surface area contributed by atoms with Crippen LogP contribution in [0.15, 0.2) is 54.9 Å². The van der Waals surface area contributed by atoms with Crippen molar-refractivity contribution in [1.82, 2.24) is 14.9 Å². The summed E-state index contributed by atoms with van der Waals surface area (Å²) in [7, 11) is 0. The summed E-state index contributed by atoms with van der Waals surface area (Å²) in [5, 5.41) is 3.68. The second-order valence-corrected chi connectivity index (χ2v) is 7.83. The summed E-state index contributed by atoms with van der Waals surface area (Å²) in [6.45, 7) is 2.85. The first-order valence-electron chi connectivity index (χ1n) is 9.20. The molecular formula is C21H22N4OS. The minimum absolute atomic E-state index is 0.00564. The predicted octanol–water partition coefficient (Wildman–Crippen LogP) is 3.67. The van der Waals surface area contributed by atoms with E-state index in [0.717, 1.165) is 42.4 Å². The fourth-order valence-electron chi connectivity index (χ4n) is 3.26. The van der Waals surface area contributed by atoms with Gasteiger partial charge in [0.15, 0.2) is 5.13 Å². The Hall–Kier alpha value is -2.57. The molecule has 0 saturated heterocycles. The predicted molar refractivity (Wildman–Crippen MR) is 108 cm³/mol. The highest BCUT2D eigenvalue weighted by Crippen LogP contribution is 2.29. The quantitative estimate of drug-likeness (QED) is 0.711. The van der Waals surface area contributed by atoms with Gasteiger partial charge in [0.25, 0.3) is 0 Å². The number of aromatic nitrogens is 2. The Morgan fingerprint density at radius 3 is 2.81 bits per heavy atom. The Morgan fingerprint density at radius 1 is 1.15 bits per heavy atom. The topological polar surface area (TPSA) is 58.1 Å². The Bertz CT molecular complexity index is 895. The average Bonchev–Trinajstić information content (AvgIpc) is 3.09. The molecule has 0 saturated carbocycles. The van der Waals surface area contributed by atoms with Crippen LogP contribution in [0, 0.1) is 0 Å². The van der Waals surface area contributed by atoms with Crippen molar-refractivity contribution in [2.45, 2.75) is 32.4 Å². The number of anilines is 1. The van der Waals surface area contributed by atoms with Crippen LogP contribution in [0.4, 0.5) is 5.13 Å². The number of carbonyl (C=O) groups excluding carboxylic acids is 1. The summed E-state index contributed by atoms with van der Waals surface area (Å²) in [5.74, 6) is 0.00564. The number of pyridine rings is 1. The van der Waals surface area contributed by atoms with Crippen molar-refractivity contribution in [2.24, 2.45) is 0 Å². The second kappa shape index (κ2) is 8.41. The first-order valence-corrected chi connectivity index (χ1v) is 10.0. The summed E-state index contributed by atoms with van der Waals surface area (Å²) in [6.07, 6.45) is 5.61. The van der Waals surface area contributed by atoms with Crippen LogP contribution < -0.4 is 5.32 Å². The standard InChI is InChI=1S/C21H22N4OS/c26-20(9-8-16-7-4-11-22-13-16)24-21-23-18-10-12-25(15-19(18)27-21)14-17-5-2-1-3-6-17/h1-7,11,13H,8-10,12,14-15H2,(H,23,24,26). The maximum atomic E-state index is 12.2. The zero-order valence-corrected chi connectivity index (χ0v) is 15.9. The van der Waals surface area contributed by atoms with E-state index in [0.29, 0.717) is 12.8 Å². The molecule has 3 heterocycles. The van der Waals surface area contributed by atoms with Crippen LogP contribution in [0.1, 0.15) is 28.1 Å². The van der Waals surface area contributed by atoms with Gasteiger partial charge in [-0.05, 0) is 23.6 Å². The molecule has 27 heavy (non-hydrogen) atoms. The first-order chi connectivity index (χ1) is 13.3. The maximum Gasteiger partial charge on any atom is 0.226 e. The van der Waals surface area contributed by atoms with Crippen molar-refractivity contribution < 1.29 is 4.79 Å². The van der Waals surface area contributed by atoms with Gasteiger partial charge in [-0.1, -0.05) is 36.4 Å². The van der Waals surface area contributed by atoms with Gasteiger partial charge in [-0.2, -0.15) is 0 Å². The lowest BCUT2D eigenvalue weighted by Gasteiger charge is -2.25. The molecule has 6 heteroatoms. The lowest BCUT2D eigenvalue weighted by Crippen LogP contribution is -2.29. The molecule has 0 fully saturated rings. The molecule has 0 unspecified atom stereocenters. The van der Waals surface area contributed by atoms with Gasteiger partial charge in [-0.25, -0.2) is 4.98 Å². The van der Waals surface area contributed by atoms with Crippen molar-refractivity contribution in [3.63, 3.8) is 0 Å². The van der Waals surface area contributed by atoms with Gasteiger partial charge in [-0.3, -0.25) is 14.7 Å². The van der Waals surface area contributed by atoms with Crippen molar-refractivity contribution in [3.05, 3.63) is 76.6 Å². The third-order valence-electron chi connectivity index (χ3n) is 4.67. The van der Waals surface area contributed by atoms with Crippen LogP contribution in [0.5, 0.6) is 0 Å². The lowest BCUT2D eigenvalue weighted by atomic mass is 10.1. The van der Waals surface area contributed by atoms with Crippen LogP contribution in [0.3, 0.4) is 0 Å². The van der Waals surface area contributed by atoms with E-state index in [1.807, 2.05) is 18.2 Å². The maximum absolute atomic E-state index is 12.2. The molecule has 1 N–H and O–H groups in total. The summed E-state index contributed by atoms with van der Waals surface area (Å²) < 4.78 is 0. The highest BCUT2D eigenvalue weighted by atomic mass is 32.1. The van der Waals surface area contributed by atoms with Crippen LogP contribution in [0.25, 0.3) is 0 Å². The van der Waals surface area contributed by atoms with E-state index in [1.165, 1.54) is 10.4 Å². The number of hydrogen-bond acceptors (Lipinski definition) is 5. The van der Waals surface area contributed by atoms with E-state index < -0.39 is 0 Å². The second-order valence-electron chi connectivity index (χ2n) is 6.74. The molecule has 0 aliphatic carbocycles. The smallest absolute Gasteiger partial charge is 0.226 e. The van der Waals surface area contributed by atoms with Crippen molar-refractivity contribution in [1.29, 1.82) is 0 Å². The fourth-order valence-corrected chi connectivity index (χ4v) is 4.33. The van der Waals surface area contributed by atoms with E-state index in [-0.39, 0.29) is 5.91 Å². The fraction of sp³-hybridized carbons (Fsp3) is 0.286. The monoisotopic (exact) mass is 378 g/mol. The summed E-state index contributed by atoms with van der Waals surface area (Å²) in [4.78, 5) is 24.6. The molecule has 3 aromatic rings.